The molecule has 1 atom stereocenters. The molecule has 42 heavy (non-hydrogen) atoms. The molecule has 2 rings (SSSR count). The van der Waals surface area contributed by atoms with Crippen molar-refractivity contribution < 1.29 is 89.6 Å². The summed E-state index contributed by atoms with van der Waals surface area (Å²) in [5.41, 5.74) is 0. The molecule has 0 fully saturated rings. The van der Waals surface area contributed by atoms with E-state index in [1.807, 2.05) is 0 Å². The fourth-order valence-electron chi connectivity index (χ4n) is 2.64. The van der Waals surface area contributed by atoms with Crippen LogP contribution >= 0.6 is 11.6 Å². The van der Waals surface area contributed by atoms with Crippen LogP contribution in [-0.2, 0) is 14.3 Å². The van der Waals surface area contributed by atoms with Gasteiger partial charge in [-0.15, -0.1) is 11.6 Å². The normalized spacial score (nSPS) is 15.1. The fourth-order valence-corrected chi connectivity index (χ4v) is 2.69. The van der Waals surface area contributed by atoms with Gasteiger partial charge in [0.25, 0.3) is 0 Å². The van der Waals surface area contributed by atoms with Crippen LogP contribution in [0.25, 0.3) is 10.8 Å². The quantitative estimate of drug-likeness (QED) is 0.0997. The minimum atomic E-state index is -7.94. The van der Waals surface area contributed by atoms with E-state index >= 15 is 0 Å². The van der Waals surface area contributed by atoms with Crippen molar-refractivity contribution in [1.82, 2.24) is 0 Å². The monoisotopic (exact) mass is 664 g/mol. The van der Waals surface area contributed by atoms with Gasteiger partial charge in [0, 0.05) is 0 Å². The zero-order valence-corrected chi connectivity index (χ0v) is 20.6. The smallest absolute Gasteiger partial charge is 0.460 e. The second-order valence-corrected chi connectivity index (χ2v) is 8.69. The summed E-state index contributed by atoms with van der Waals surface area (Å²) >= 11 is 5.55. The minimum Gasteiger partial charge on any atom is -0.484 e. The van der Waals surface area contributed by atoms with Crippen molar-refractivity contribution in [3.05, 3.63) is 36.4 Å². The van der Waals surface area contributed by atoms with Crippen molar-refractivity contribution in [3.8, 4) is 11.5 Å². The molecule has 238 valence electrons. The summed E-state index contributed by atoms with van der Waals surface area (Å²) in [7, 11) is 0. The van der Waals surface area contributed by atoms with Gasteiger partial charge in [-0.05, 0) is 42.0 Å². The first kappa shape index (κ1) is 35.3. The number of rotatable bonds is 12. The molecule has 0 spiro atoms. The van der Waals surface area contributed by atoms with E-state index in [1.54, 1.807) is 4.74 Å². The highest BCUT2D eigenvalue weighted by Crippen LogP contribution is 2.56. The number of hydrogen-bond acceptors (Lipinski definition) is 5. The topological polar surface area (TPSA) is 54.0 Å². The van der Waals surface area contributed by atoms with Crippen molar-refractivity contribution in [3.63, 3.8) is 0 Å². The molecule has 2 aromatic carbocycles. The minimum absolute atomic E-state index is 0.00977. The Morgan fingerprint density at radius 2 is 1.14 bits per heavy atom. The molecule has 0 saturated carbocycles. The van der Waals surface area contributed by atoms with E-state index in [4.69, 9.17) is 16.3 Å². The van der Waals surface area contributed by atoms with E-state index < -0.39 is 66.2 Å². The Kier molecular flexibility index (Phi) is 9.53. The molecular weight excluding hydrogens is 653 g/mol. The van der Waals surface area contributed by atoms with Crippen molar-refractivity contribution in [2.75, 3.05) is 6.61 Å². The molecule has 0 amide bonds. The van der Waals surface area contributed by atoms with Gasteiger partial charge in [-0.3, -0.25) is 4.79 Å². The SMILES string of the molecule is C[C@H](Cl)C(=O)Oc1ccc2cc(OCC(F)(F)OC(F)(F)C(F)(F)OC(F)(F)C(F)(F)C(F)(F)C(F)(F)F)ccc2c1. The number of esters is 1. The Balaban J connectivity index is 2.16. The molecule has 0 radical (unpaired) electrons. The van der Waals surface area contributed by atoms with Crippen LogP contribution in [0.15, 0.2) is 36.4 Å². The van der Waals surface area contributed by atoms with Crippen LogP contribution in [0.3, 0.4) is 0 Å². The highest BCUT2D eigenvalue weighted by atomic mass is 35.5. The lowest BCUT2D eigenvalue weighted by molar-refractivity contribution is -0.542. The average molecular weight is 665 g/mol. The second kappa shape index (κ2) is 11.3. The molecule has 21 heteroatoms. The van der Waals surface area contributed by atoms with Gasteiger partial charge >= 0.3 is 48.4 Å². The largest absolute Gasteiger partial charge is 0.484 e. The van der Waals surface area contributed by atoms with Gasteiger partial charge in [0.15, 0.2) is 6.61 Å². The van der Waals surface area contributed by atoms with Crippen molar-refractivity contribution in [2.24, 2.45) is 0 Å². The van der Waals surface area contributed by atoms with Crippen molar-refractivity contribution in [2.45, 2.75) is 54.8 Å². The van der Waals surface area contributed by atoms with Gasteiger partial charge in [0.05, 0.1) is 0 Å². The molecule has 0 aromatic heterocycles. The van der Waals surface area contributed by atoms with E-state index in [2.05, 4.69) is 9.47 Å². The van der Waals surface area contributed by atoms with E-state index in [-0.39, 0.29) is 16.5 Å². The molecule has 0 heterocycles. The van der Waals surface area contributed by atoms with E-state index in [9.17, 15) is 70.7 Å². The summed E-state index contributed by atoms with van der Waals surface area (Å²) in [5.74, 6) is -17.2. The van der Waals surface area contributed by atoms with Gasteiger partial charge in [0.2, 0.25) is 0 Å². The van der Waals surface area contributed by atoms with Crippen LogP contribution in [0.2, 0.25) is 0 Å². The maximum absolute atomic E-state index is 13.8. The van der Waals surface area contributed by atoms with Crippen LogP contribution < -0.4 is 9.47 Å². The summed E-state index contributed by atoms with van der Waals surface area (Å²) < 4.78 is 209. The summed E-state index contributed by atoms with van der Waals surface area (Å²) in [6, 6.07) is 6.70. The third kappa shape index (κ3) is 7.36. The Bertz CT molecular complexity index is 1280. The molecular formula is C21H12ClF15O5. The number of hydrogen-bond donors (Lipinski definition) is 0. The van der Waals surface area contributed by atoms with Gasteiger partial charge in [-0.25, -0.2) is 9.47 Å². The third-order valence-corrected chi connectivity index (χ3v) is 4.90. The zero-order chi connectivity index (χ0) is 32.7. The van der Waals surface area contributed by atoms with Gasteiger partial charge in [0.1, 0.15) is 16.9 Å². The summed E-state index contributed by atoms with van der Waals surface area (Å²) in [4.78, 5) is 11.5. The lowest BCUT2D eigenvalue weighted by atomic mass is 10.1. The standard InChI is InChI=1S/C21H12ClF15O5/c1-9(22)14(38)40-13-5-3-10-6-12(4-2-11(10)7-13)39-8-15(23,24)41-20(34,35)21(36,37)42-19(32,33)17(27,28)16(25,26)18(29,30)31/h2-7,9H,8H2,1H3/t9-/m0/s1. The first-order chi connectivity index (χ1) is 18.7. The summed E-state index contributed by atoms with van der Waals surface area (Å²) in [5, 5.41) is -0.578. The van der Waals surface area contributed by atoms with Crippen LogP contribution in [-0.4, -0.2) is 60.4 Å². The summed E-state index contributed by atoms with van der Waals surface area (Å²) in [6.45, 7) is -1.09. The highest BCUT2D eigenvalue weighted by Gasteiger charge is 2.85. The number of halogens is 16. The number of carbonyl (C=O) groups is 1. The highest BCUT2D eigenvalue weighted by molar-refractivity contribution is 6.29. The first-order valence-corrected chi connectivity index (χ1v) is 10.9. The number of fused-ring (bicyclic) bond motifs is 1. The molecule has 0 aliphatic carbocycles. The maximum atomic E-state index is 13.8. The number of carbonyl (C=O) groups excluding carboxylic acids is 1. The van der Waals surface area contributed by atoms with Crippen LogP contribution in [0.4, 0.5) is 65.9 Å². The maximum Gasteiger partial charge on any atom is 0.460 e. The predicted molar refractivity (Wildman–Crippen MR) is 108 cm³/mol. The number of alkyl halides is 16. The fraction of sp³-hybridized carbons (Fsp3) is 0.476. The molecule has 5 nitrogen and oxygen atoms in total. The number of benzene rings is 2. The van der Waals surface area contributed by atoms with E-state index in [1.165, 1.54) is 25.1 Å². The van der Waals surface area contributed by atoms with E-state index in [0.29, 0.717) is 0 Å². The molecule has 0 saturated heterocycles. The van der Waals surface area contributed by atoms with E-state index in [0.717, 1.165) is 18.2 Å². The van der Waals surface area contributed by atoms with Crippen molar-refractivity contribution in [1.29, 1.82) is 0 Å². The van der Waals surface area contributed by atoms with Crippen molar-refractivity contribution >= 4 is 28.3 Å². The molecule has 0 bridgehead atoms. The molecule has 0 N–H and O–H groups in total. The zero-order valence-electron chi connectivity index (χ0n) is 19.8. The van der Waals surface area contributed by atoms with Gasteiger partial charge < -0.3 is 9.47 Å². The van der Waals surface area contributed by atoms with Crippen LogP contribution in [0.5, 0.6) is 11.5 Å². The van der Waals surface area contributed by atoms with Gasteiger partial charge in [-0.2, -0.15) is 65.9 Å². The Hall–Kier alpha value is -2.87. The Labute approximate surface area is 228 Å². The summed E-state index contributed by atoms with van der Waals surface area (Å²) in [6.07, 6.45) is -35.2. The van der Waals surface area contributed by atoms with Gasteiger partial charge in [-0.1, -0.05) is 12.1 Å². The lowest BCUT2D eigenvalue weighted by Gasteiger charge is -2.36. The lowest BCUT2D eigenvalue weighted by Crippen LogP contribution is -2.64. The second-order valence-electron chi connectivity index (χ2n) is 8.03. The third-order valence-electron chi connectivity index (χ3n) is 4.72. The predicted octanol–water partition coefficient (Wildman–Crippen LogP) is 7.99. The van der Waals surface area contributed by atoms with Crippen LogP contribution in [0, 0.1) is 0 Å². The first-order valence-electron chi connectivity index (χ1n) is 10.4. The Morgan fingerprint density at radius 3 is 1.62 bits per heavy atom. The molecule has 0 aliphatic rings. The molecule has 0 aliphatic heterocycles. The van der Waals surface area contributed by atoms with Crippen LogP contribution in [0.1, 0.15) is 6.92 Å². The Morgan fingerprint density at radius 1 is 0.690 bits per heavy atom. The molecule has 2 aromatic rings. The number of ether oxygens (including phenoxy) is 4. The average Bonchev–Trinajstić information content (AvgIpc) is 2.80. The molecule has 0 unspecified atom stereocenters.